The maximum atomic E-state index is 12.2. The maximum Gasteiger partial charge on any atom is 0.254 e. The van der Waals surface area contributed by atoms with E-state index in [1.807, 2.05) is 39.0 Å². The van der Waals surface area contributed by atoms with Gasteiger partial charge in [0, 0.05) is 18.8 Å². The molecule has 0 saturated carbocycles. The summed E-state index contributed by atoms with van der Waals surface area (Å²) in [5, 5.41) is 0. The van der Waals surface area contributed by atoms with Crippen molar-refractivity contribution in [2.24, 2.45) is 7.05 Å². The second-order valence-corrected chi connectivity index (χ2v) is 5.08. The van der Waals surface area contributed by atoms with Gasteiger partial charge in [-0.05, 0) is 23.6 Å². The molecule has 0 N–H and O–H groups in total. The summed E-state index contributed by atoms with van der Waals surface area (Å²) in [6.07, 6.45) is 1.75. The second-order valence-electron chi connectivity index (χ2n) is 5.08. The van der Waals surface area contributed by atoms with Gasteiger partial charge < -0.3 is 4.57 Å². The highest BCUT2D eigenvalue weighted by atomic mass is 16.1. The van der Waals surface area contributed by atoms with Crippen molar-refractivity contribution in [1.29, 1.82) is 0 Å². The molecule has 0 bridgehead atoms. The first-order valence-corrected chi connectivity index (χ1v) is 5.36. The van der Waals surface area contributed by atoms with Gasteiger partial charge in [-0.15, -0.1) is 0 Å². The summed E-state index contributed by atoms with van der Waals surface area (Å²) in [5.74, 6) is 0. The number of hydrogen-bond donors (Lipinski definition) is 0. The number of aryl methyl sites for hydroxylation is 1. The third kappa shape index (κ3) is 1.62. The molecule has 84 valence electrons. The van der Waals surface area contributed by atoms with Crippen LogP contribution in [-0.4, -0.2) is 9.55 Å². The monoisotopic (exact) mass is 216 g/mol. The molecule has 3 nitrogen and oxygen atoms in total. The first-order chi connectivity index (χ1) is 7.41. The average Bonchev–Trinajstić information content (AvgIpc) is 2.22. The number of nitrogens with zero attached hydrogens (tertiary/aromatic N) is 2. The van der Waals surface area contributed by atoms with Gasteiger partial charge in [-0.2, -0.15) is 0 Å². The van der Waals surface area contributed by atoms with Gasteiger partial charge in [-0.3, -0.25) is 9.78 Å². The molecule has 3 heteroatoms. The van der Waals surface area contributed by atoms with E-state index in [-0.39, 0.29) is 11.0 Å². The Morgan fingerprint density at radius 3 is 2.62 bits per heavy atom. The summed E-state index contributed by atoms with van der Waals surface area (Å²) in [4.78, 5) is 16.5. The number of hydrogen-bond acceptors (Lipinski definition) is 2. The SMILES string of the molecule is Cn1c(=O)c(C(C)(C)C)cc2ncccc21. The van der Waals surface area contributed by atoms with E-state index in [0.29, 0.717) is 0 Å². The van der Waals surface area contributed by atoms with Crippen LogP contribution in [0.5, 0.6) is 0 Å². The molecule has 0 aromatic carbocycles. The van der Waals surface area contributed by atoms with Crippen molar-refractivity contribution >= 4 is 11.0 Å². The van der Waals surface area contributed by atoms with Crippen LogP contribution in [-0.2, 0) is 12.5 Å². The van der Waals surface area contributed by atoms with E-state index >= 15 is 0 Å². The quantitative estimate of drug-likeness (QED) is 0.677. The molecule has 0 aliphatic heterocycles. The van der Waals surface area contributed by atoms with Crippen LogP contribution in [0.4, 0.5) is 0 Å². The molecule has 0 saturated heterocycles. The predicted molar refractivity (Wildman–Crippen MR) is 65.7 cm³/mol. The largest absolute Gasteiger partial charge is 0.310 e. The fraction of sp³-hybridized carbons (Fsp3) is 0.385. The van der Waals surface area contributed by atoms with Crippen LogP contribution < -0.4 is 5.56 Å². The summed E-state index contributed by atoms with van der Waals surface area (Å²) in [5.41, 5.74) is 2.46. The topological polar surface area (TPSA) is 34.9 Å². The highest BCUT2D eigenvalue weighted by molar-refractivity contribution is 5.75. The molecular formula is C13H16N2O. The van der Waals surface area contributed by atoms with E-state index < -0.39 is 0 Å². The van der Waals surface area contributed by atoms with Crippen LogP contribution in [0.2, 0.25) is 0 Å². The molecule has 0 aliphatic rings. The Balaban J connectivity index is 2.90. The molecule has 0 aliphatic carbocycles. The van der Waals surface area contributed by atoms with Gasteiger partial charge in [0.1, 0.15) is 0 Å². The van der Waals surface area contributed by atoms with Crippen molar-refractivity contribution in [3.63, 3.8) is 0 Å². The van der Waals surface area contributed by atoms with Crippen LogP contribution in [0.25, 0.3) is 11.0 Å². The highest BCUT2D eigenvalue weighted by Gasteiger charge is 2.19. The van der Waals surface area contributed by atoms with Crippen LogP contribution in [0.15, 0.2) is 29.2 Å². The van der Waals surface area contributed by atoms with E-state index in [4.69, 9.17) is 0 Å². The third-order valence-electron chi connectivity index (χ3n) is 2.80. The number of fused-ring (bicyclic) bond motifs is 1. The Hall–Kier alpha value is -1.64. The Labute approximate surface area is 94.7 Å². The zero-order chi connectivity index (χ0) is 11.9. The van der Waals surface area contributed by atoms with Crippen molar-refractivity contribution in [3.05, 3.63) is 40.3 Å². The minimum absolute atomic E-state index is 0.0630. The minimum Gasteiger partial charge on any atom is -0.310 e. The molecule has 0 amide bonds. The van der Waals surface area contributed by atoms with Crippen LogP contribution in [0.3, 0.4) is 0 Å². The first kappa shape index (κ1) is 10.9. The summed E-state index contributed by atoms with van der Waals surface area (Å²) in [7, 11) is 1.79. The van der Waals surface area contributed by atoms with Crippen LogP contribution in [0, 0.1) is 0 Å². The molecule has 0 spiro atoms. The lowest BCUT2D eigenvalue weighted by atomic mass is 9.87. The van der Waals surface area contributed by atoms with Crippen LogP contribution >= 0.6 is 0 Å². The van der Waals surface area contributed by atoms with E-state index in [1.165, 1.54) is 0 Å². The summed E-state index contributed by atoms with van der Waals surface area (Å²) in [6, 6.07) is 5.66. The van der Waals surface area contributed by atoms with Gasteiger partial charge >= 0.3 is 0 Å². The van der Waals surface area contributed by atoms with E-state index in [0.717, 1.165) is 16.6 Å². The smallest absolute Gasteiger partial charge is 0.254 e. The molecule has 0 unspecified atom stereocenters. The summed E-state index contributed by atoms with van der Waals surface area (Å²) < 4.78 is 1.67. The average molecular weight is 216 g/mol. The van der Waals surface area contributed by atoms with E-state index in [2.05, 4.69) is 4.98 Å². The predicted octanol–water partition coefficient (Wildman–Crippen LogP) is 2.23. The van der Waals surface area contributed by atoms with Crippen LogP contribution in [0.1, 0.15) is 26.3 Å². The third-order valence-corrected chi connectivity index (χ3v) is 2.80. The number of aromatic nitrogens is 2. The molecule has 0 atom stereocenters. The Morgan fingerprint density at radius 1 is 1.31 bits per heavy atom. The Bertz CT molecular complexity index is 591. The van der Waals surface area contributed by atoms with E-state index in [1.54, 1.807) is 17.8 Å². The van der Waals surface area contributed by atoms with Gasteiger partial charge in [0.05, 0.1) is 11.0 Å². The van der Waals surface area contributed by atoms with Crippen molar-refractivity contribution in [1.82, 2.24) is 9.55 Å². The summed E-state index contributed by atoms with van der Waals surface area (Å²) >= 11 is 0. The van der Waals surface area contributed by atoms with Crippen molar-refractivity contribution in [2.45, 2.75) is 26.2 Å². The maximum absolute atomic E-state index is 12.2. The summed E-state index contributed by atoms with van der Waals surface area (Å²) in [6.45, 7) is 6.12. The fourth-order valence-corrected chi connectivity index (χ4v) is 1.83. The lowest BCUT2D eigenvalue weighted by Gasteiger charge is -2.19. The fourth-order valence-electron chi connectivity index (χ4n) is 1.83. The molecule has 2 aromatic heterocycles. The van der Waals surface area contributed by atoms with E-state index in [9.17, 15) is 4.79 Å². The van der Waals surface area contributed by atoms with Gasteiger partial charge in [-0.25, -0.2) is 0 Å². The lowest BCUT2D eigenvalue weighted by molar-refractivity contribution is 0.576. The minimum atomic E-state index is -0.152. The normalized spacial score (nSPS) is 12.0. The zero-order valence-corrected chi connectivity index (χ0v) is 10.1. The van der Waals surface area contributed by atoms with Crippen molar-refractivity contribution < 1.29 is 0 Å². The Morgan fingerprint density at radius 2 is 2.00 bits per heavy atom. The van der Waals surface area contributed by atoms with Gasteiger partial charge in [-0.1, -0.05) is 20.8 Å². The van der Waals surface area contributed by atoms with Gasteiger partial charge in [0.25, 0.3) is 5.56 Å². The van der Waals surface area contributed by atoms with Gasteiger partial charge in [0.15, 0.2) is 0 Å². The first-order valence-electron chi connectivity index (χ1n) is 5.36. The number of pyridine rings is 2. The highest BCUT2D eigenvalue weighted by Crippen LogP contribution is 2.21. The standard InChI is InChI=1S/C13H16N2O/c1-13(2,3)9-8-10-11(6-5-7-14-10)15(4)12(9)16/h5-8H,1-4H3. The Kier molecular flexibility index (Phi) is 2.34. The zero-order valence-electron chi connectivity index (χ0n) is 10.1. The molecule has 0 fully saturated rings. The van der Waals surface area contributed by atoms with Gasteiger partial charge in [0.2, 0.25) is 0 Å². The van der Waals surface area contributed by atoms with Crippen molar-refractivity contribution in [2.75, 3.05) is 0 Å². The molecular weight excluding hydrogens is 200 g/mol. The molecule has 2 aromatic rings. The molecule has 16 heavy (non-hydrogen) atoms. The lowest BCUT2D eigenvalue weighted by Crippen LogP contribution is -2.29. The molecule has 0 radical (unpaired) electrons. The number of rotatable bonds is 0. The van der Waals surface area contributed by atoms with Crippen molar-refractivity contribution in [3.8, 4) is 0 Å². The molecule has 2 rings (SSSR count). The second kappa shape index (κ2) is 3.44. The molecule has 2 heterocycles.